The standard InChI is InChI=1S/C24H21FN2O4/c1-30-21-5-3-4-19(23(21)31-2)26-17-11-12-18(22-16(17)10-13-20(22)28)27-24(29)14-6-8-15(25)9-7-14/h3-9,11-12,26H,10,13H2,1-2H3,(H,27,29). The Morgan fingerprint density at radius 2 is 1.65 bits per heavy atom. The van der Waals surface area contributed by atoms with Gasteiger partial charge in [-0.25, -0.2) is 4.39 Å². The molecule has 0 bridgehead atoms. The summed E-state index contributed by atoms with van der Waals surface area (Å²) < 4.78 is 24.0. The molecule has 0 heterocycles. The number of carbonyl (C=O) groups is 2. The van der Waals surface area contributed by atoms with E-state index in [1.54, 1.807) is 26.4 Å². The number of Topliss-reactive ketones (excluding diaryl/α,β-unsaturated/α-hetero) is 1. The van der Waals surface area contributed by atoms with Crippen LogP contribution in [0.15, 0.2) is 54.6 Å². The van der Waals surface area contributed by atoms with Crippen molar-refractivity contribution in [2.75, 3.05) is 24.9 Å². The normalized spacial score (nSPS) is 12.3. The Bertz CT molecular complexity index is 1160. The highest BCUT2D eigenvalue weighted by Crippen LogP contribution is 2.40. The van der Waals surface area contributed by atoms with Gasteiger partial charge in [0.1, 0.15) is 5.82 Å². The molecule has 1 amide bonds. The van der Waals surface area contributed by atoms with Gasteiger partial charge in [-0.2, -0.15) is 0 Å². The largest absolute Gasteiger partial charge is 0.493 e. The fraction of sp³-hybridized carbons (Fsp3) is 0.167. The van der Waals surface area contributed by atoms with Crippen LogP contribution in [0, 0.1) is 5.82 Å². The molecule has 0 saturated carbocycles. The van der Waals surface area contributed by atoms with Crippen molar-refractivity contribution >= 4 is 28.8 Å². The molecule has 0 saturated heterocycles. The number of nitrogens with one attached hydrogen (secondary N) is 2. The van der Waals surface area contributed by atoms with Crippen LogP contribution in [0.1, 0.15) is 32.7 Å². The van der Waals surface area contributed by atoms with E-state index in [1.165, 1.54) is 24.3 Å². The molecule has 7 heteroatoms. The molecule has 0 radical (unpaired) electrons. The number of fused-ring (bicyclic) bond motifs is 1. The maximum absolute atomic E-state index is 13.1. The molecule has 0 spiro atoms. The molecule has 0 atom stereocenters. The van der Waals surface area contributed by atoms with Gasteiger partial charge in [-0.05, 0) is 60.5 Å². The third-order valence-corrected chi connectivity index (χ3v) is 5.22. The molecule has 4 rings (SSSR count). The van der Waals surface area contributed by atoms with Gasteiger partial charge >= 0.3 is 0 Å². The van der Waals surface area contributed by atoms with E-state index in [-0.39, 0.29) is 5.78 Å². The number of carbonyl (C=O) groups excluding carboxylic acids is 2. The maximum atomic E-state index is 13.1. The van der Waals surface area contributed by atoms with Crippen LogP contribution in [0.5, 0.6) is 11.5 Å². The predicted octanol–water partition coefficient (Wildman–Crippen LogP) is 4.97. The minimum atomic E-state index is -0.420. The fourth-order valence-electron chi connectivity index (χ4n) is 3.74. The first-order valence-corrected chi connectivity index (χ1v) is 9.76. The van der Waals surface area contributed by atoms with Gasteiger partial charge in [0.15, 0.2) is 17.3 Å². The van der Waals surface area contributed by atoms with Gasteiger partial charge in [-0.1, -0.05) is 6.07 Å². The Hall–Kier alpha value is -3.87. The van der Waals surface area contributed by atoms with Crippen LogP contribution in [0.2, 0.25) is 0 Å². The summed E-state index contributed by atoms with van der Waals surface area (Å²) in [6.45, 7) is 0. The number of rotatable bonds is 6. The average Bonchev–Trinajstić information content (AvgIpc) is 3.17. The number of amides is 1. The Morgan fingerprint density at radius 3 is 2.35 bits per heavy atom. The van der Waals surface area contributed by atoms with Crippen LogP contribution >= 0.6 is 0 Å². The Balaban J connectivity index is 1.67. The van der Waals surface area contributed by atoms with Crippen LogP contribution in [0.3, 0.4) is 0 Å². The average molecular weight is 420 g/mol. The summed E-state index contributed by atoms with van der Waals surface area (Å²) in [4.78, 5) is 25.2. The van der Waals surface area contributed by atoms with E-state index in [1.807, 2.05) is 18.2 Å². The summed E-state index contributed by atoms with van der Waals surface area (Å²) >= 11 is 0. The van der Waals surface area contributed by atoms with Crippen LogP contribution < -0.4 is 20.1 Å². The van der Waals surface area contributed by atoms with Gasteiger partial charge in [0, 0.05) is 23.2 Å². The van der Waals surface area contributed by atoms with Crippen molar-refractivity contribution in [3.05, 3.63) is 77.1 Å². The Morgan fingerprint density at radius 1 is 0.903 bits per heavy atom. The predicted molar refractivity (Wildman–Crippen MR) is 116 cm³/mol. The number of hydrogen-bond donors (Lipinski definition) is 2. The van der Waals surface area contributed by atoms with Gasteiger partial charge < -0.3 is 20.1 Å². The summed E-state index contributed by atoms with van der Waals surface area (Å²) in [5.74, 6) is 0.277. The third-order valence-electron chi connectivity index (χ3n) is 5.22. The lowest BCUT2D eigenvalue weighted by atomic mass is 10.0. The molecule has 2 N–H and O–H groups in total. The molecular formula is C24H21FN2O4. The number of halogens is 1. The zero-order valence-electron chi connectivity index (χ0n) is 17.1. The molecule has 31 heavy (non-hydrogen) atoms. The monoisotopic (exact) mass is 420 g/mol. The number of ketones is 1. The first kappa shape index (κ1) is 20.4. The second-order valence-corrected chi connectivity index (χ2v) is 7.06. The van der Waals surface area contributed by atoms with Crippen LogP contribution in [-0.2, 0) is 6.42 Å². The molecular weight excluding hydrogens is 399 g/mol. The minimum absolute atomic E-state index is 0.0364. The number of para-hydroxylation sites is 1. The summed E-state index contributed by atoms with van der Waals surface area (Å²) in [5, 5.41) is 6.11. The smallest absolute Gasteiger partial charge is 0.255 e. The van der Waals surface area contributed by atoms with Crippen molar-refractivity contribution < 1.29 is 23.5 Å². The van der Waals surface area contributed by atoms with Gasteiger partial charge in [-0.15, -0.1) is 0 Å². The molecule has 0 aromatic heterocycles. The molecule has 1 aliphatic carbocycles. The Labute approximate surface area is 179 Å². The lowest BCUT2D eigenvalue weighted by Crippen LogP contribution is -2.14. The van der Waals surface area contributed by atoms with Gasteiger partial charge in [0.25, 0.3) is 5.91 Å². The minimum Gasteiger partial charge on any atom is -0.493 e. The van der Waals surface area contributed by atoms with Gasteiger partial charge in [-0.3, -0.25) is 9.59 Å². The van der Waals surface area contributed by atoms with E-state index in [0.717, 1.165) is 11.3 Å². The highest BCUT2D eigenvalue weighted by Gasteiger charge is 2.27. The lowest BCUT2D eigenvalue weighted by Gasteiger charge is -2.17. The number of anilines is 3. The topological polar surface area (TPSA) is 76.7 Å². The number of ether oxygens (including phenoxy) is 2. The Kier molecular flexibility index (Phi) is 5.58. The number of hydrogen-bond acceptors (Lipinski definition) is 5. The molecule has 3 aromatic rings. The molecule has 1 aliphatic rings. The van der Waals surface area contributed by atoms with Crippen LogP contribution in [0.25, 0.3) is 0 Å². The summed E-state index contributed by atoms with van der Waals surface area (Å²) in [7, 11) is 3.13. The van der Waals surface area contributed by atoms with Crippen LogP contribution in [0.4, 0.5) is 21.5 Å². The highest BCUT2D eigenvalue weighted by atomic mass is 19.1. The molecule has 0 unspecified atom stereocenters. The summed E-state index contributed by atoms with van der Waals surface area (Å²) in [6, 6.07) is 14.2. The summed E-state index contributed by atoms with van der Waals surface area (Å²) in [6.07, 6.45) is 0.922. The molecule has 158 valence electrons. The van der Waals surface area contributed by atoms with Crippen molar-refractivity contribution in [1.82, 2.24) is 0 Å². The van der Waals surface area contributed by atoms with Gasteiger partial charge in [0.2, 0.25) is 0 Å². The fourth-order valence-corrected chi connectivity index (χ4v) is 3.74. The van der Waals surface area contributed by atoms with E-state index in [9.17, 15) is 14.0 Å². The van der Waals surface area contributed by atoms with Gasteiger partial charge in [0.05, 0.1) is 25.6 Å². The molecule has 6 nitrogen and oxygen atoms in total. The second kappa shape index (κ2) is 8.47. The van der Waals surface area contributed by atoms with Crippen molar-refractivity contribution in [2.45, 2.75) is 12.8 Å². The molecule has 0 aliphatic heterocycles. The van der Waals surface area contributed by atoms with Crippen molar-refractivity contribution in [3.63, 3.8) is 0 Å². The third kappa shape index (κ3) is 3.94. The van der Waals surface area contributed by atoms with E-state index >= 15 is 0 Å². The summed E-state index contributed by atoms with van der Waals surface area (Å²) in [5.41, 5.74) is 3.52. The van der Waals surface area contributed by atoms with Crippen molar-refractivity contribution in [3.8, 4) is 11.5 Å². The quantitative estimate of drug-likeness (QED) is 0.589. The molecule has 3 aromatic carbocycles. The van der Waals surface area contributed by atoms with E-state index in [0.29, 0.717) is 46.8 Å². The lowest BCUT2D eigenvalue weighted by molar-refractivity contribution is 0.0995. The van der Waals surface area contributed by atoms with E-state index < -0.39 is 11.7 Å². The van der Waals surface area contributed by atoms with Crippen molar-refractivity contribution in [1.29, 1.82) is 0 Å². The zero-order chi connectivity index (χ0) is 22.0. The zero-order valence-corrected chi connectivity index (χ0v) is 17.1. The maximum Gasteiger partial charge on any atom is 0.255 e. The SMILES string of the molecule is COc1cccc(Nc2ccc(NC(=O)c3ccc(F)cc3)c3c2CCC3=O)c1OC. The van der Waals surface area contributed by atoms with E-state index in [2.05, 4.69) is 10.6 Å². The second-order valence-electron chi connectivity index (χ2n) is 7.06. The van der Waals surface area contributed by atoms with E-state index in [4.69, 9.17) is 9.47 Å². The number of methoxy groups -OCH3 is 2. The first-order valence-electron chi connectivity index (χ1n) is 9.76. The first-order chi connectivity index (χ1) is 15.0. The number of benzene rings is 3. The highest BCUT2D eigenvalue weighted by molar-refractivity contribution is 6.12. The van der Waals surface area contributed by atoms with Crippen molar-refractivity contribution in [2.24, 2.45) is 0 Å². The van der Waals surface area contributed by atoms with Crippen LogP contribution in [-0.4, -0.2) is 25.9 Å². The molecule has 0 fully saturated rings.